The maximum Gasteiger partial charge on any atom is 0.00110 e. The van der Waals surface area contributed by atoms with Crippen molar-refractivity contribution in [3.05, 3.63) is 0 Å². The molecule has 0 aromatic rings. The zero-order valence-corrected chi connectivity index (χ0v) is 8.33. The average Bonchev–Trinajstić information content (AvgIpc) is 2.31. The third-order valence-corrected chi connectivity index (χ3v) is 4.05. The van der Waals surface area contributed by atoms with Crippen LogP contribution < -0.4 is 5.32 Å². The van der Waals surface area contributed by atoms with Crippen LogP contribution in [0.3, 0.4) is 0 Å². The zero-order valence-electron chi connectivity index (χ0n) is 8.33. The Balaban J connectivity index is 2.79. The molecule has 1 aliphatic heterocycles. The SMILES string of the molecule is CCC1(C)CNCC1(C)CC. The smallest absolute Gasteiger partial charge is 0.00110 e. The minimum Gasteiger partial charge on any atom is -0.316 e. The predicted molar refractivity (Wildman–Crippen MR) is 49.7 cm³/mol. The van der Waals surface area contributed by atoms with E-state index >= 15 is 0 Å². The van der Waals surface area contributed by atoms with E-state index in [2.05, 4.69) is 33.0 Å². The molecule has 0 saturated carbocycles. The lowest BCUT2D eigenvalue weighted by Crippen LogP contribution is -2.35. The molecule has 1 N–H and O–H groups in total. The first-order valence-corrected chi connectivity index (χ1v) is 4.79. The lowest BCUT2D eigenvalue weighted by molar-refractivity contribution is 0.124. The molecule has 1 saturated heterocycles. The Hall–Kier alpha value is -0.0400. The van der Waals surface area contributed by atoms with Crippen molar-refractivity contribution in [1.29, 1.82) is 0 Å². The van der Waals surface area contributed by atoms with Crippen LogP contribution >= 0.6 is 0 Å². The van der Waals surface area contributed by atoms with Crippen LogP contribution in [-0.4, -0.2) is 13.1 Å². The number of hydrogen-bond donors (Lipinski definition) is 1. The highest BCUT2D eigenvalue weighted by molar-refractivity contribution is 4.99. The molecule has 11 heavy (non-hydrogen) atoms. The van der Waals surface area contributed by atoms with Gasteiger partial charge in [0.1, 0.15) is 0 Å². The molecule has 0 radical (unpaired) electrons. The molecule has 0 bridgehead atoms. The predicted octanol–water partition coefficient (Wildman–Crippen LogP) is 2.42. The molecule has 1 heteroatoms. The van der Waals surface area contributed by atoms with E-state index in [1.165, 1.54) is 25.9 Å². The highest BCUT2D eigenvalue weighted by Crippen LogP contribution is 2.46. The standard InChI is InChI=1S/C10H21N/c1-5-9(3)7-11-8-10(9,4)6-2/h11H,5-8H2,1-4H3. The molecule has 2 atom stereocenters. The Bertz CT molecular complexity index is 128. The second-order valence-electron chi connectivity index (χ2n) is 4.43. The summed E-state index contributed by atoms with van der Waals surface area (Å²) in [7, 11) is 0. The Kier molecular flexibility index (Phi) is 2.29. The van der Waals surface area contributed by atoms with Crippen molar-refractivity contribution >= 4 is 0 Å². The van der Waals surface area contributed by atoms with Gasteiger partial charge in [0.15, 0.2) is 0 Å². The Labute approximate surface area is 70.6 Å². The van der Waals surface area contributed by atoms with Crippen molar-refractivity contribution < 1.29 is 0 Å². The van der Waals surface area contributed by atoms with Crippen molar-refractivity contribution in [2.24, 2.45) is 10.8 Å². The van der Waals surface area contributed by atoms with Gasteiger partial charge in [-0.05, 0) is 23.7 Å². The average molecular weight is 155 g/mol. The molecule has 1 heterocycles. The molecule has 0 aliphatic carbocycles. The van der Waals surface area contributed by atoms with Crippen LogP contribution in [0.2, 0.25) is 0 Å². The summed E-state index contributed by atoms with van der Waals surface area (Å²) in [6, 6.07) is 0. The molecule has 66 valence electrons. The van der Waals surface area contributed by atoms with E-state index in [1.807, 2.05) is 0 Å². The highest BCUT2D eigenvalue weighted by Gasteiger charge is 2.45. The summed E-state index contributed by atoms with van der Waals surface area (Å²) in [5.74, 6) is 0. The van der Waals surface area contributed by atoms with Crippen LogP contribution in [0.1, 0.15) is 40.5 Å². The van der Waals surface area contributed by atoms with E-state index in [-0.39, 0.29) is 0 Å². The molecule has 1 nitrogen and oxygen atoms in total. The van der Waals surface area contributed by atoms with Crippen molar-refractivity contribution in [3.8, 4) is 0 Å². The normalized spacial score (nSPS) is 44.7. The Morgan fingerprint density at radius 3 is 1.64 bits per heavy atom. The van der Waals surface area contributed by atoms with Crippen LogP contribution in [0.25, 0.3) is 0 Å². The van der Waals surface area contributed by atoms with E-state index < -0.39 is 0 Å². The number of rotatable bonds is 2. The summed E-state index contributed by atoms with van der Waals surface area (Å²) in [6.45, 7) is 11.8. The van der Waals surface area contributed by atoms with Gasteiger partial charge in [-0.15, -0.1) is 0 Å². The van der Waals surface area contributed by atoms with Crippen molar-refractivity contribution in [2.45, 2.75) is 40.5 Å². The van der Waals surface area contributed by atoms with E-state index in [4.69, 9.17) is 0 Å². The topological polar surface area (TPSA) is 12.0 Å². The summed E-state index contributed by atoms with van der Waals surface area (Å²) < 4.78 is 0. The second-order valence-corrected chi connectivity index (χ2v) is 4.43. The first-order chi connectivity index (χ1) is 5.08. The summed E-state index contributed by atoms with van der Waals surface area (Å²) in [6.07, 6.45) is 2.59. The lowest BCUT2D eigenvalue weighted by atomic mass is 9.65. The molecular weight excluding hydrogens is 134 g/mol. The van der Waals surface area contributed by atoms with E-state index in [9.17, 15) is 0 Å². The molecule has 1 aliphatic rings. The fourth-order valence-electron chi connectivity index (χ4n) is 2.14. The zero-order chi connectivity index (χ0) is 8.54. The van der Waals surface area contributed by atoms with Gasteiger partial charge in [-0.25, -0.2) is 0 Å². The minimum atomic E-state index is 0.530. The van der Waals surface area contributed by atoms with E-state index in [0.29, 0.717) is 10.8 Å². The van der Waals surface area contributed by atoms with E-state index in [0.717, 1.165) is 0 Å². The molecular formula is C10H21N. The monoisotopic (exact) mass is 155 g/mol. The van der Waals surface area contributed by atoms with Crippen LogP contribution in [0, 0.1) is 10.8 Å². The molecule has 0 aromatic heterocycles. The summed E-state index contributed by atoms with van der Waals surface area (Å²) in [5.41, 5.74) is 1.06. The summed E-state index contributed by atoms with van der Waals surface area (Å²) in [4.78, 5) is 0. The minimum absolute atomic E-state index is 0.530. The van der Waals surface area contributed by atoms with Gasteiger partial charge in [0.25, 0.3) is 0 Å². The van der Waals surface area contributed by atoms with Crippen LogP contribution in [-0.2, 0) is 0 Å². The van der Waals surface area contributed by atoms with Crippen molar-refractivity contribution in [3.63, 3.8) is 0 Å². The van der Waals surface area contributed by atoms with Gasteiger partial charge in [-0.2, -0.15) is 0 Å². The maximum atomic E-state index is 3.51. The summed E-state index contributed by atoms with van der Waals surface area (Å²) >= 11 is 0. The van der Waals surface area contributed by atoms with Crippen molar-refractivity contribution in [2.75, 3.05) is 13.1 Å². The molecule has 0 aromatic carbocycles. The highest BCUT2D eigenvalue weighted by atomic mass is 15.0. The van der Waals surface area contributed by atoms with Crippen LogP contribution in [0.4, 0.5) is 0 Å². The van der Waals surface area contributed by atoms with Gasteiger partial charge < -0.3 is 5.32 Å². The first-order valence-electron chi connectivity index (χ1n) is 4.79. The fraction of sp³-hybridized carbons (Fsp3) is 1.00. The van der Waals surface area contributed by atoms with Gasteiger partial charge in [-0.3, -0.25) is 0 Å². The maximum absolute atomic E-state index is 3.51. The molecule has 1 fully saturated rings. The third kappa shape index (κ3) is 1.20. The number of hydrogen-bond acceptors (Lipinski definition) is 1. The second kappa shape index (κ2) is 2.78. The first kappa shape index (κ1) is 9.05. The molecule has 2 unspecified atom stereocenters. The van der Waals surface area contributed by atoms with E-state index in [1.54, 1.807) is 0 Å². The fourth-order valence-corrected chi connectivity index (χ4v) is 2.14. The number of nitrogens with one attached hydrogen (secondary N) is 1. The van der Waals surface area contributed by atoms with Gasteiger partial charge >= 0.3 is 0 Å². The lowest BCUT2D eigenvalue weighted by Gasteiger charge is -2.39. The molecule has 1 rings (SSSR count). The van der Waals surface area contributed by atoms with Crippen LogP contribution in [0.5, 0.6) is 0 Å². The van der Waals surface area contributed by atoms with Gasteiger partial charge in [-0.1, -0.05) is 27.7 Å². The Morgan fingerprint density at radius 2 is 1.36 bits per heavy atom. The van der Waals surface area contributed by atoms with Gasteiger partial charge in [0.05, 0.1) is 0 Å². The Morgan fingerprint density at radius 1 is 1.00 bits per heavy atom. The van der Waals surface area contributed by atoms with Gasteiger partial charge in [0, 0.05) is 13.1 Å². The summed E-state index contributed by atoms with van der Waals surface area (Å²) in [5, 5.41) is 3.51. The van der Waals surface area contributed by atoms with Crippen LogP contribution in [0.15, 0.2) is 0 Å². The van der Waals surface area contributed by atoms with Crippen molar-refractivity contribution in [1.82, 2.24) is 5.32 Å². The third-order valence-electron chi connectivity index (χ3n) is 4.05. The van der Waals surface area contributed by atoms with Gasteiger partial charge in [0.2, 0.25) is 0 Å². The molecule has 0 amide bonds. The quantitative estimate of drug-likeness (QED) is 0.646. The molecule has 0 spiro atoms. The largest absolute Gasteiger partial charge is 0.316 e.